The van der Waals surface area contributed by atoms with Gasteiger partial charge in [-0.2, -0.15) is 0 Å². The first kappa shape index (κ1) is 11.7. The van der Waals surface area contributed by atoms with E-state index in [1.54, 1.807) is 12.4 Å². The van der Waals surface area contributed by atoms with Gasteiger partial charge < -0.3 is 9.64 Å². The van der Waals surface area contributed by atoms with E-state index in [0.717, 1.165) is 18.1 Å². The van der Waals surface area contributed by atoms with Crippen LogP contribution in [0.5, 0.6) is 5.75 Å². The number of fused-ring (bicyclic) bond motifs is 2. The van der Waals surface area contributed by atoms with Crippen LogP contribution in [0.1, 0.15) is 12.8 Å². The molecule has 2 aromatic rings. The van der Waals surface area contributed by atoms with Gasteiger partial charge in [-0.15, -0.1) is 0 Å². The zero-order valence-corrected chi connectivity index (χ0v) is 11.2. The lowest BCUT2D eigenvalue weighted by atomic mass is 10.1. The summed E-state index contributed by atoms with van der Waals surface area (Å²) in [6, 6.07) is 10.4. The van der Waals surface area contributed by atoms with Gasteiger partial charge in [-0.3, -0.25) is 4.98 Å². The number of piperidine rings is 1. The Morgan fingerprint density at radius 2 is 2.10 bits per heavy atom. The summed E-state index contributed by atoms with van der Waals surface area (Å²) >= 11 is 0. The van der Waals surface area contributed by atoms with Crippen LogP contribution in [-0.4, -0.2) is 28.7 Å². The summed E-state index contributed by atoms with van der Waals surface area (Å²) < 4.78 is 6.18. The van der Waals surface area contributed by atoms with Crippen LogP contribution < -0.4 is 9.64 Å². The number of nitrogens with zero attached hydrogens (tertiary/aromatic N) is 3. The molecule has 4 nitrogen and oxygen atoms in total. The molecule has 2 bridgehead atoms. The Kier molecular flexibility index (Phi) is 2.80. The summed E-state index contributed by atoms with van der Waals surface area (Å²) in [5.74, 6) is 2.54. The first-order valence-corrected chi connectivity index (χ1v) is 7.16. The van der Waals surface area contributed by atoms with Crippen molar-refractivity contribution in [2.45, 2.75) is 25.0 Å². The van der Waals surface area contributed by atoms with Crippen molar-refractivity contribution in [3.8, 4) is 5.75 Å². The maximum atomic E-state index is 6.18. The third kappa shape index (κ3) is 1.92. The van der Waals surface area contributed by atoms with Crippen LogP contribution in [0.2, 0.25) is 0 Å². The number of hydrogen-bond acceptors (Lipinski definition) is 4. The Hall–Kier alpha value is -2.10. The van der Waals surface area contributed by atoms with E-state index in [1.165, 1.54) is 12.8 Å². The highest BCUT2D eigenvalue weighted by Gasteiger charge is 2.48. The number of aromatic nitrogens is 2. The van der Waals surface area contributed by atoms with Gasteiger partial charge in [-0.1, -0.05) is 6.07 Å². The molecule has 0 radical (unpaired) electrons. The fourth-order valence-corrected chi connectivity index (χ4v) is 3.48. The highest BCUT2D eigenvalue weighted by Crippen LogP contribution is 2.41. The van der Waals surface area contributed by atoms with Crippen LogP contribution in [-0.2, 0) is 0 Å². The molecule has 1 aliphatic carbocycles. The summed E-state index contributed by atoms with van der Waals surface area (Å²) in [5, 5.41) is 0. The van der Waals surface area contributed by atoms with Crippen molar-refractivity contribution in [3.63, 3.8) is 0 Å². The Morgan fingerprint density at radius 1 is 1.10 bits per heavy atom. The van der Waals surface area contributed by atoms with Crippen molar-refractivity contribution in [3.05, 3.63) is 48.9 Å². The van der Waals surface area contributed by atoms with Gasteiger partial charge in [0.1, 0.15) is 17.7 Å². The van der Waals surface area contributed by atoms with Crippen molar-refractivity contribution >= 4 is 5.82 Å². The zero-order valence-electron chi connectivity index (χ0n) is 11.2. The van der Waals surface area contributed by atoms with Crippen LogP contribution in [0.3, 0.4) is 0 Å². The molecular formula is C16H17N3O. The molecule has 1 saturated heterocycles. The van der Waals surface area contributed by atoms with Gasteiger partial charge >= 0.3 is 0 Å². The number of anilines is 1. The lowest BCUT2D eigenvalue weighted by Gasteiger charge is -2.28. The number of ether oxygens (including phenoxy) is 1. The van der Waals surface area contributed by atoms with Crippen molar-refractivity contribution < 1.29 is 4.74 Å². The van der Waals surface area contributed by atoms with Gasteiger partial charge in [0.15, 0.2) is 0 Å². The fourth-order valence-electron chi connectivity index (χ4n) is 3.48. The average Bonchev–Trinajstić information content (AvgIpc) is 3.06. The number of rotatable bonds is 3. The quantitative estimate of drug-likeness (QED) is 0.856. The topological polar surface area (TPSA) is 38.2 Å². The van der Waals surface area contributed by atoms with E-state index in [2.05, 4.69) is 20.9 Å². The Bertz CT molecular complexity index is 575. The normalized spacial score (nSPS) is 27.8. The molecule has 4 rings (SSSR count). The van der Waals surface area contributed by atoms with E-state index >= 15 is 0 Å². The predicted molar refractivity (Wildman–Crippen MR) is 76.7 cm³/mol. The lowest BCUT2D eigenvalue weighted by Crippen LogP contribution is -2.36. The third-order valence-electron chi connectivity index (χ3n) is 4.36. The summed E-state index contributed by atoms with van der Waals surface area (Å²) in [5.41, 5.74) is 0. The lowest BCUT2D eigenvalue weighted by molar-refractivity contribution is 0.178. The van der Waals surface area contributed by atoms with E-state index in [1.807, 2.05) is 30.5 Å². The van der Waals surface area contributed by atoms with Crippen molar-refractivity contribution in [2.75, 3.05) is 11.4 Å². The maximum absolute atomic E-state index is 6.18. The molecule has 3 heterocycles. The molecule has 102 valence electrons. The van der Waals surface area contributed by atoms with Gasteiger partial charge in [0.05, 0.1) is 12.2 Å². The molecule has 1 aliphatic heterocycles. The third-order valence-corrected chi connectivity index (χ3v) is 4.36. The summed E-state index contributed by atoms with van der Waals surface area (Å²) in [4.78, 5) is 11.0. The Balaban J connectivity index is 1.55. The van der Waals surface area contributed by atoms with Crippen molar-refractivity contribution in [2.24, 2.45) is 5.92 Å². The molecule has 0 spiro atoms. The molecule has 1 saturated carbocycles. The fraction of sp³-hybridized carbons (Fsp3) is 0.375. The zero-order chi connectivity index (χ0) is 13.4. The monoisotopic (exact) mass is 267 g/mol. The van der Waals surface area contributed by atoms with Gasteiger partial charge in [0, 0.05) is 24.9 Å². The highest BCUT2D eigenvalue weighted by molar-refractivity contribution is 5.43. The number of hydrogen-bond donors (Lipinski definition) is 0. The van der Waals surface area contributed by atoms with E-state index in [4.69, 9.17) is 4.74 Å². The minimum Gasteiger partial charge on any atom is -0.486 e. The minimum absolute atomic E-state index is 0.265. The Morgan fingerprint density at radius 3 is 2.90 bits per heavy atom. The summed E-state index contributed by atoms with van der Waals surface area (Å²) in [6.45, 7) is 1.05. The van der Waals surface area contributed by atoms with E-state index in [-0.39, 0.29) is 6.10 Å². The van der Waals surface area contributed by atoms with Gasteiger partial charge in [-0.05, 0) is 37.1 Å². The van der Waals surface area contributed by atoms with Crippen LogP contribution in [0, 0.1) is 5.92 Å². The minimum atomic E-state index is 0.265. The van der Waals surface area contributed by atoms with Gasteiger partial charge in [0.25, 0.3) is 0 Å². The van der Waals surface area contributed by atoms with E-state index in [0.29, 0.717) is 12.0 Å². The predicted octanol–water partition coefficient (Wildman–Crippen LogP) is 2.52. The van der Waals surface area contributed by atoms with Crippen molar-refractivity contribution in [1.82, 2.24) is 9.97 Å². The highest BCUT2D eigenvalue weighted by atomic mass is 16.5. The average molecular weight is 267 g/mol. The molecule has 3 atom stereocenters. The SMILES string of the molecule is c1ccc(N2CC3CCC2C3Oc2cccnc2)nc1. The second kappa shape index (κ2) is 4.78. The molecular weight excluding hydrogens is 250 g/mol. The van der Waals surface area contributed by atoms with E-state index in [9.17, 15) is 0 Å². The second-order valence-corrected chi connectivity index (χ2v) is 5.52. The largest absolute Gasteiger partial charge is 0.486 e. The van der Waals surface area contributed by atoms with Crippen LogP contribution in [0.25, 0.3) is 0 Å². The maximum Gasteiger partial charge on any atom is 0.138 e. The van der Waals surface area contributed by atoms with E-state index < -0.39 is 0 Å². The molecule has 4 heteroatoms. The molecule has 2 aromatic heterocycles. The van der Waals surface area contributed by atoms with Gasteiger partial charge in [-0.25, -0.2) is 4.98 Å². The number of pyridine rings is 2. The van der Waals surface area contributed by atoms with Gasteiger partial charge in [0.2, 0.25) is 0 Å². The molecule has 0 aromatic carbocycles. The second-order valence-electron chi connectivity index (χ2n) is 5.52. The first-order valence-electron chi connectivity index (χ1n) is 7.16. The summed E-state index contributed by atoms with van der Waals surface area (Å²) in [6.07, 6.45) is 8.13. The van der Waals surface area contributed by atoms with Crippen LogP contribution >= 0.6 is 0 Å². The molecule has 20 heavy (non-hydrogen) atoms. The molecule has 0 N–H and O–H groups in total. The molecule has 2 aliphatic rings. The standard InChI is InChI=1S/C16H17N3O/c1-2-9-18-15(5-1)19-11-12-6-7-14(19)16(12)20-13-4-3-8-17-10-13/h1-5,8-10,12,14,16H,6-7,11H2. The first-order chi connectivity index (χ1) is 9.92. The smallest absolute Gasteiger partial charge is 0.138 e. The molecule has 0 amide bonds. The van der Waals surface area contributed by atoms with Crippen LogP contribution in [0.15, 0.2) is 48.9 Å². The van der Waals surface area contributed by atoms with Crippen LogP contribution in [0.4, 0.5) is 5.82 Å². The van der Waals surface area contributed by atoms with Crippen molar-refractivity contribution in [1.29, 1.82) is 0 Å². The molecule has 3 unspecified atom stereocenters. The Labute approximate surface area is 118 Å². The summed E-state index contributed by atoms with van der Waals surface area (Å²) in [7, 11) is 0. The molecule has 2 fully saturated rings.